The third-order valence-electron chi connectivity index (χ3n) is 2.55. The fraction of sp³-hybridized carbons (Fsp3) is 0.333. The van der Waals surface area contributed by atoms with E-state index in [2.05, 4.69) is 26.1 Å². The van der Waals surface area contributed by atoms with Gasteiger partial charge in [-0.2, -0.15) is 4.98 Å². The van der Waals surface area contributed by atoms with Crippen LogP contribution in [0.25, 0.3) is 0 Å². The average Bonchev–Trinajstić information content (AvgIpc) is 2.80. The molecular weight excluding hydrogens is 282 g/mol. The van der Waals surface area contributed by atoms with E-state index >= 15 is 0 Å². The van der Waals surface area contributed by atoms with Gasteiger partial charge in [-0.25, -0.2) is 0 Å². The Kier molecular flexibility index (Phi) is 3.91. The number of aromatic nitrogens is 2. The van der Waals surface area contributed by atoms with Crippen LogP contribution in [0.15, 0.2) is 33.3 Å². The third-order valence-corrected chi connectivity index (χ3v) is 3.32. The maximum atomic E-state index is 5.83. The molecule has 1 atom stereocenters. The SMILES string of the molecule is CCC(N)c1nc(Cc2ccccc2Br)no1. The molecule has 17 heavy (non-hydrogen) atoms. The highest BCUT2D eigenvalue weighted by Gasteiger charge is 2.13. The highest BCUT2D eigenvalue weighted by atomic mass is 79.9. The summed E-state index contributed by atoms with van der Waals surface area (Å²) in [4.78, 5) is 4.29. The molecule has 1 aromatic carbocycles. The lowest BCUT2D eigenvalue weighted by Gasteiger charge is -2.00. The van der Waals surface area contributed by atoms with Crippen molar-refractivity contribution in [1.82, 2.24) is 10.1 Å². The summed E-state index contributed by atoms with van der Waals surface area (Å²) in [6.45, 7) is 1.99. The minimum absolute atomic E-state index is 0.171. The second-order valence-corrected chi connectivity index (χ2v) is 4.69. The quantitative estimate of drug-likeness (QED) is 0.942. The van der Waals surface area contributed by atoms with Crippen LogP contribution in [0.1, 0.15) is 36.7 Å². The predicted molar refractivity (Wildman–Crippen MR) is 68.5 cm³/mol. The molecule has 0 bridgehead atoms. The van der Waals surface area contributed by atoms with Gasteiger partial charge in [-0.1, -0.05) is 46.2 Å². The van der Waals surface area contributed by atoms with Crippen molar-refractivity contribution in [2.45, 2.75) is 25.8 Å². The molecule has 0 aliphatic rings. The topological polar surface area (TPSA) is 64.9 Å². The maximum absolute atomic E-state index is 5.83. The van der Waals surface area contributed by atoms with Crippen molar-refractivity contribution < 1.29 is 4.52 Å². The second-order valence-electron chi connectivity index (χ2n) is 3.83. The molecule has 4 nitrogen and oxygen atoms in total. The summed E-state index contributed by atoms with van der Waals surface area (Å²) in [5, 5.41) is 3.93. The minimum atomic E-state index is -0.171. The summed E-state index contributed by atoms with van der Waals surface area (Å²) < 4.78 is 6.18. The fourth-order valence-corrected chi connectivity index (χ4v) is 1.90. The standard InChI is InChI=1S/C12H14BrN3O/c1-2-10(14)12-15-11(16-17-12)7-8-5-3-4-6-9(8)13/h3-6,10H,2,7,14H2,1H3. The summed E-state index contributed by atoms with van der Waals surface area (Å²) >= 11 is 3.49. The Bertz CT molecular complexity index is 498. The molecular formula is C12H14BrN3O. The van der Waals surface area contributed by atoms with E-state index in [1.807, 2.05) is 31.2 Å². The Morgan fingerprint density at radius 2 is 2.18 bits per heavy atom. The monoisotopic (exact) mass is 295 g/mol. The Balaban J connectivity index is 2.14. The number of hydrogen-bond donors (Lipinski definition) is 1. The van der Waals surface area contributed by atoms with Crippen LogP contribution in [0.5, 0.6) is 0 Å². The zero-order valence-electron chi connectivity index (χ0n) is 9.56. The Hall–Kier alpha value is -1.20. The number of nitrogens with zero attached hydrogens (tertiary/aromatic N) is 2. The molecule has 0 spiro atoms. The van der Waals surface area contributed by atoms with E-state index in [1.54, 1.807) is 0 Å². The summed E-state index contributed by atoms with van der Waals surface area (Å²) in [5.74, 6) is 1.17. The number of benzene rings is 1. The number of halogens is 1. The van der Waals surface area contributed by atoms with E-state index in [0.29, 0.717) is 18.1 Å². The molecule has 0 saturated heterocycles. The molecule has 0 aliphatic carbocycles. The molecule has 1 heterocycles. The summed E-state index contributed by atoms with van der Waals surface area (Å²) in [5.41, 5.74) is 6.95. The molecule has 0 fully saturated rings. The lowest BCUT2D eigenvalue weighted by Crippen LogP contribution is -2.08. The van der Waals surface area contributed by atoms with Gasteiger partial charge in [0.2, 0.25) is 5.89 Å². The first kappa shape index (κ1) is 12.3. The van der Waals surface area contributed by atoms with E-state index in [4.69, 9.17) is 10.3 Å². The van der Waals surface area contributed by atoms with Crippen LogP contribution in [-0.2, 0) is 6.42 Å². The highest BCUT2D eigenvalue weighted by Crippen LogP contribution is 2.19. The van der Waals surface area contributed by atoms with Crippen molar-refractivity contribution in [3.8, 4) is 0 Å². The fourth-order valence-electron chi connectivity index (χ4n) is 1.48. The molecule has 2 aromatic rings. The van der Waals surface area contributed by atoms with Crippen LogP contribution >= 0.6 is 15.9 Å². The highest BCUT2D eigenvalue weighted by molar-refractivity contribution is 9.10. The number of nitrogens with two attached hydrogens (primary N) is 1. The zero-order chi connectivity index (χ0) is 12.3. The Morgan fingerprint density at radius 1 is 1.41 bits per heavy atom. The molecule has 0 amide bonds. The van der Waals surface area contributed by atoms with Gasteiger partial charge in [0.1, 0.15) is 0 Å². The minimum Gasteiger partial charge on any atom is -0.338 e. The molecule has 2 N–H and O–H groups in total. The first-order valence-corrected chi connectivity index (χ1v) is 6.31. The molecule has 1 aromatic heterocycles. The lowest BCUT2D eigenvalue weighted by molar-refractivity contribution is 0.348. The van der Waals surface area contributed by atoms with Crippen LogP contribution in [0.3, 0.4) is 0 Å². The molecule has 1 unspecified atom stereocenters. The number of rotatable bonds is 4. The summed E-state index contributed by atoms with van der Waals surface area (Å²) in [6.07, 6.45) is 1.43. The van der Waals surface area contributed by atoms with Crippen molar-refractivity contribution in [2.75, 3.05) is 0 Å². The smallest absolute Gasteiger partial charge is 0.243 e. The van der Waals surface area contributed by atoms with Gasteiger partial charge in [-0.15, -0.1) is 0 Å². The largest absolute Gasteiger partial charge is 0.338 e. The van der Waals surface area contributed by atoms with Gasteiger partial charge in [0.05, 0.1) is 6.04 Å². The van der Waals surface area contributed by atoms with E-state index < -0.39 is 0 Å². The molecule has 5 heteroatoms. The van der Waals surface area contributed by atoms with E-state index in [-0.39, 0.29) is 6.04 Å². The predicted octanol–water partition coefficient (Wildman–Crippen LogP) is 2.83. The van der Waals surface area contributed by atoms with E-state index in [9.17, 15) is 0 Å². The van der Waals surface area contributed by atoms with Gasteiger partial charge >= 0.3 is 0 Å². The molecule has 0 saturated carbocycles. The first-order chi connectivity index (χ1) is 8.20. The van der Waals surface area contributed by atoms with Gasteiger partial charge in [-0.05, 0) is 18.1 Å². The van der Waals surface area contributed by atoms with Gasteiger partial charge in [0.25, 0.3) is 0 Å². The van der Waals surface area contributed by atoms with Gasteiger partial charge in [-0.3, -0.25) is 0 Å². The normalized spacial score (nSPS) is 12.6. The van der Waals surface area contributed by atoms with Crippen LogP contribution in [0.4, 0.5) is 0 Å². The van der Waals surface area contributed by atoms with Crippen molar-refractivity contribution >= 4 is 15.9 Å². The molecule has 90 valence electrons. The average molecular weight is 296 g/mol. The second kappa shape index (κ2) is 5.42. The summed E-state index contributed by atoms with van der Waals surface area (Å²) in [6, 6.07) is 7.81. The van der Waals surface area contributed by atoms with Gasteiger partial charge in [0.15, 0.2) is 5.82 Å². The maximum Gasteiger partial charge on any atom is 0.243 e. The van der Waals surface area contributed by atoms with Crippen molar-refractivity contribution in [3.05, 3.63) is 46.0 Å². The number of hydrogen-bond acceptors (Lipinski definition) is 4. The molecule has 2 rings (SSSR count). The third kappa shape index (κ3) is 2.92. The molecule has 0 radical (unpaired) electrons. The van der Waals surface area contributed by atoms with Gasteiger partial charge < -0.3 is 10.3 Å². The molecule has 0 aliphatic heterocycles. The zero-order valence-corrected chi connectivity index (χ0v) is 11.1. The Morgan fingerprint density at radius 3 is 2.88 bits per heavy atom. The van der Waals surface area contributed by atoms with E-state index in [1.165, 1.54) is 0 Å². The van der Waals surface area contributed by atoms with Crippen LogP contribution in [-0.4, -0.2) is 10.1 Å². The van der Waals surface area contributed by atoms with Crippen molar-refractivity contribution in [1.29, 1.82) is 0 Å². The first-order valence-electron chi connectivity index (χ1n) is 5.52. The van der Waals surface area contributed by atoms with Gasteiger partial charge in [0, 0.05) is 10.9 Å². The van der Waals surface area contributed by atoms with Crippen LogP contribution < -0.4 is 5.73 Å². The van der Waals surface area contributed by atoms with E-state index in [0.717, 1.165) is 16.5 Å². The van der Waals surface area contributed by atoms with Crippen molar-refractivity contribution in [2.24, 2.45) is 5.73 Å². The van der Waals surface area contributed by atoms with Crippen LogP contribution in [0.2, 0.25) is 0 Å². The Labute approximate surface area is 108 Å². The van der Waals surface area contributed by atoms with Crippen LogP contribution in [0, 0.1) is 0 Å². The van der Waals surface area contributed by atoms with Crippen molar-refractivity contribution in [3.63, 3.8) is 0 Å². The lowest BCUT2D eigenvalue weighted by atomic mass is 10.1. The summed E-state index contributed by atoms with van der Waals surface area (Å²) in [7, 11) is 0.